The first-order valence-electron chi connectivity index (χ1n) is 8.94. The SMILES string of the molecule is COc1ccc(C(=O)N2C[C@@H](OC)C[C@H]2CN2CCCC2)cc1OC. The van der Waals surface area contributed by atoms with Crippen LogP contribution in [0, 0.1) is 0 Å². The van der Waals surface area contributed by atoms with Crippen molar-refractivity contribution in [3.63, 3.8) is 0 Å². The summed E-state index contributed by atoms with van der Waals surface area (Å²) < 4.78 is 16.1. The Morgan fingerprint density at radius 1 is 1.12 bits per heavy atom. The molecule has 0 aromatic heterocycles. The molecule has 6 nitrogen and oxygen atoms in total. The van der Waals surface area contributed by atoms with Crippen molar-refractivity contribution in [3.8, 4) is 11.5 Å². The fraction of sp³-hybridized carbons (Fsp3) is 0.632. The van der Waals surface area contributed by atoms with Crippen LogP contribution in [0.3, 0.4) is 0 Å². The Hall–Kier alpha value is -1.79. The molecule has 2 fully saturated rings. The Balaban J connectivity index is 1.77. The topological polar surface area (TPSA) is 51.2 Å². The van der Waals surface area contributed by atoms with Crippen molar-refractivity contribution in [1.29, 1.82) is 0 Å². The fourth-order valence-electron chi connectivity index (χ4n) is 3.86. The molecule has 3 rings (SSSR count). The van der Waals surface area contributed by atoms with E-state index in [1.54, 1.807) is 39.5 Å². The zero-order chi connectivity index (χ0) is 17.8. The Morgan fingerprint density at radius 3 is 2.48 bits per heavy atom. The summed E-state index contributed by atoms with van der Waals surface area (Å²) in [7, 11) is 4.90. The average molecular weight is 348 g/mol. The van der Waals surface area contributed by atoms with Crippen molar-refractivity contribution in [2.45, 2.75) is 31.4 Å². The third-order valence-electron chi connectivity index (χ3n) is 5.27. The van der Waals surface area contributed by atoms with Crippen LogP contribution in [0.5, 0.6) is 11.5 Å². The second kappa shape index (κ2) is 8.06. The van der Waals surface area contributed by atoms with E-state index in [0.717, 1.165) is 26.1 Å². The minimum Gasteiger partial charge on any atom is -0.493 e. The number of carbonyl (C=O) groups excluding carboxylic acids is 1. The Labute approximate surface area is 149 Å². The van der Waals surface area contributed by atoms with Gasteiger partial charge in [0.05, 0.1) is 20.3 Å². The standard InChI is InChI=1S/C19H28N2O4/c1-23-16-11-15(12-20-8-4-5-9-20)21(13-16)19(22)14-6-7-17(24-2)18(10-14)25-3/h6-7,10,15-16H,4-5,8-9,11-13H2,1-3H3/t15-,16-/m0/s1. The van der Waals surface area contributed by atoms with Gasteiger partial charge in [-0.2, -0.15) is 0 Å². The predicted octanol–water partition coefficient (Wildman–Crippen LogP) is 2.03. The molecule has 0 N–H and O–H groups in total. The van der Waals surface area contributed by atoms with Gasteiger partial charge >= 0.3 is 0 Å². The maximum absolute atomic E-state index is 13.1. The van der Waals surface area contributed by atoms with E-state index < -0.39 is 0 Å². The highest BCUT2D eigenvalue weighted by atomic mass is 16.5. The molecule has 2 atom stereocenters. The summed E-state index contributed by atoms with van der Waals surface area (Å²) in [6.07, 6.45) is 3.51. The predicted molar refractivity (Wildman–Crippen MR) is 95.5 cm³/mol. The molecule has 1 aromatic rings. The molecule has 2 aliphatic heterocycles. The zero-order valence-corrected chi connectivity index (χ0v) is 15.4. The molecule has 2 aliphatic rings. The van der Waals surface area contributed by atoms with E-state index in [-0.39, 0.29) is 18.1 Å². The van der Waals surface area contributed by atoms with Gasteiger partial charge in [0.2, 0.25) is 0 Å². The minimum atomic E-state index is 0.0321. The lowest BCUT2D eigenvalue weighted by atomic mass is 10.1. The second-order valence-corrected chi connectivity index (χ2v) is 6.78. The molecule has 0 bridgehead atoms. The van der Waals surface area contributed by atoms with E-state index in [1.807, 2.05) is 4.90 Å². The molecule has 0 saturated carbocycles. The fourth-order valence-corrected chi connectivity index (χ4v) is 3.86. The Morgan fingerprint density at radius 2 is 1.84 bits per heavy atom. The van der Waals surface area contributed by atoms with Crippen LogP contribution < -0.4 is 9.47 Å². The van der Waals surface area contributed by atoms with Crippen LogP contribution in [-0.2, 0) is 4.74 Å². The summed E-state index contributed by atoms with van der Waals surface area (Å²) in [4.78, 5) is 17.5. The summed E-state index contributed by atoms with van der Waals surface area (Å²) in [5.41, 5.74) is 0.626. The van der Waals surface area contributed by atoms with E-state index in [9.17, 15) is 4.79 Å². The molecule has 1 aromatic carbocycles. The van der Waals surface area contributed by atoms with Crippen LogP contribution in [0.25, 0.3) is 0 Å². The Kier molecular flexibility index (Phi) is 5.81. The number of methoxy groups -OCH3 is 3. The normalized spacial score (nSPS) is 23.9. The minimum absolute atomic E-state index is 0.0321. The third-order valence-corrected chi connectivity index (χ3v) is 5.27. The van der Waals surface area contributed by atoms with E-state index in [2.05, 4.69) is 4.90 Å². The number of benzene rings is 1. The summed E-state index contributed by atoms with van der Waals surface area (Å²) in [5, 5.41) is 0. The van der Waals surface area contributed by atoms with Gasteiger partial charge in [-0.25, -0.2) is 0 Å². The number of rotatable bonds is 6. The van der Waals surface area contributed by atoms with Crippen LogP contribution >= 0.6 is 0 Å². The summed E-state index contributed by atoms with van der Waals surface area (Å²) >= 11 is 0. The number of hydrogen-bond donors (Lipinski definition) is 0. The van der Waals surface area contributed by atoms with E-state index in [1.165, 1.54) is 12.8 Å². The lowest BCUT2D eigenvalue weighted by Gasteiger charge is -2.28. The van der Waals surface area contributed by atoms with Gasteiger partial charge in [-0.1, -0.05) is 0 Å². The highest BCUT2D eigenvalue weighted by Gasteiger charge is 2.37. The summed E-state index contributed by atoms with van der Waals surface area (Å²) in [6.45, 7) is 3.83. The number of hydrogen-bond acceptors (Lipinski definition) is 5. The number of ether oxygens (including phenoxy) is 3. The molecular formula is C19H28N2O4. The van der Waals surface area contributed by atoms with Crippen LogP contribution in [0.15, 0.2) is 18.2 Å². The number of amides is 1. The maximum Gasteiger partial charge on any atom is 0.254 e. The molecule has 1 amide bonds. The highest BCUT2D eigenvalue weighted by Crippen LogP contribution is 2.30. The number of nitrogens with zero attached hydrogens (tertiary/aromatic N) is 2. The largest absolute Gasteiger partial charge is 0.493 e. The van der Waals surface area contributed by atoms with Crippen LogP contribution in [-0.4, -0.2) is 75.4 Å². The van der Waals surface area contributed by atoms with Crippen molar-refractivity contribution in [1.82, 2.24) is 9.80 Å². The van der Waals surface area contributed by atoms with Crippen molar-refractivity contribution in [2.75, 3.05) is 47.5 Å². The summed E-state index contributed by atoms with van der Waals surface area (Å²) in [5.74, 6) is 1.24. The van der Waals surface area contributed by atoms with Crippen molar-refractivity contribution in [3.05, 3.63) is 23.8 Å². The molecule has 138 valence electrons. The third kappa shape index (κ3) is 3.90. The van der Waals surface area contributed by atoms with Gasteiger partial charge in [0, 0.05) is 31.8 Å². The first-order valence-corrected chi connectivity index (χ1v) is 8.94. The van der Waals surface area contributed by atoms with Crippen molar-refractivity contribution >= 4 is 5.91 Å². The van der Waals surface area contributed by atoms with Crippen LogP contribution in [0.2, 0.25) is 0 Å². The van der Waals surface area contributed by atoms with Crippen LogP contribution in [0.4, 0.5) is 0 Å². The average Bonchev–Trinajstić information content (AvgIpc) is 3.30. The van der Waals surface area contributed by atoms with Gasteiger partial charge in [0.15, 0.2) is 11.5 Å². The highest BCUT2D eigenvalue weighted by molar-refractivity contribution is 5.95. The van der Waals surface area contributed by atoms with Crippen LogP contribution in [0.1, 0.15) is 29.6 Å². The number of carbonyl (C=O) groups is 1. The first kappa shape index (κ1) is 18.0. The summed E-state index contributed by atoms with van der Waals surface area (Å²) in [6, 6.07) is 5.54. The molecule has 6 heteroatoms. The molecular weight excluding hydrogens is 320 g/mol. The lowest BCUT2D eigenvalue weighted by molar-refractivity contribution is 0.0669. The van der Waals surface area contributed by atoms with Gasteiger partial charge in [0.1, 0.15) is 0 Å². The Bertz CT molecular complexity index is 601. The van der Waals surface area contributed by atoms with Gasteiger partial charge in [-0.15, -0.1) is 0 Å². The van der Waals surface area contributed by atoms with Gasteiger partial charge < -0.3 is 24.0 Å². The molecule has 0 radical (unpaired) electrons. The zero-order valence-electron chi connectivity index (χ0n) is 15.4. The molecule has 2 heterocycles. The lowest BCUT2D eigenvalue weighted by Crippen LogP contribution is -2.42. The first-order chi connectivity index (χ1) is 12.2. The van der Waals surface area contributed by atoms with Gasteiger partial charge in [0.25, 0.3) is 5.91 Å². The second-order valence-electron chi connectivity index (χ2n) is 6.78. The van der Waals surface area contributed by atoms with Gasteiger partial charge in [-0.3, -0.25) is 4.79 Å². The maximum atomic E-state index is 13.1. The molecule has 0 aliphatic carbocycles. The monoisotopic (exact) mass is 348 g/mol. The van der Waals surface area contributed by atoms with Crippen molar-refractivity contribution in [2.24, 2.45) is 0 Å². The molecule has 25 heavy (non-hydrogen) atoms. The molecule has 0 spiro atoms. The molecule has 2 saturated heterocycles. The molecule has 0 unspecified atom stereocenters. The van der Waals surface area contributed by atoms with E-state index in [4.69, 9.17) is 14.2 Å². The van der Waals surface area contributed by atoms with Gasteiger partial charge in [-0.05, 0) is 50.6 Å². The number of likely N-dealkylation sites (tertiary alicyclic amines) is 2. The van der Waals surface area contributed by atoms with E-state index >= 15 is 0 Å². The van der Waals surface area contributed by atoms with E-state index in [0.29, 0.717) is 23.6 Å². The quantitative estimate of drug-likeness (QED) is 0.787. The smallest absolute Gasteiger partial charge is 0.254 e. The van der Waals surface area contributed by atoms with Crippen molar-refractivity contribution < 1.29 is 19.0 Å².